The summed E-state index contributed by atoms with van der Waals surface area (Å²) in [7, 11) is 0. The molecule has 0 aromatic heterocycles. The molecule has 0 aliphatic heterocycles. The van der Waals surface area contributed by atoms with E-state index in [-0.39, 0.29) is 5.91 Å². The van der Waals surface area contributed by atoms with E-state index < -0.39 is 0 Å². The van der Waals surface area contributed by atoms with Crippen molar-refractivity contribution in [3.05, 3.63) is 35.4 Å². The van der Waals surface area contributed by atoms with Crippen LogP contribution < -0.4 is 5.32 Å². The maximum atomic E-state index is 11.5. The summed E-state index contributed by atoms with van der Waals surface area (Å²) in [5.41, 5.74) is 1.74. The quantitative estimate of drug-likeness (QED) is 0.706. The standard InChI is InChI=1S/C10H13NOS/c1-8-4-2-3-5-9(8)10(12)11-6-7-13/h2-5,13H,6-7H2,1H3,(H,11,12). The van der Waals surface area contributed by atoms with Crippen LogP contribution in [0.5, 0.6) is 0 Å². The molecule has 0 spiro atoms. The predicted molar refractivity (Wildman–Crippen MR) is 57.4 cm³/mol. The summed E-state index contributed by atoms with van der Waals surface area (Å²) in [5.74, 6) is 0.643. The third kappa shape index (κ3) is 2.77. The smallest absolute Gasteiger partial charge is 0.251 e. The molecule has 0 bridgehead atoms. The Morgan fingerprint density at radius 1 is 1.46 bits per heavy atom. The lowest BCUT2D eigenvalue weighted by Crippen LogP contribution is -2.25. The average molecular weight is 195 g/mol. The Bertz CT molecular complexity index is 299. The molecule has 1 rings (SSSR count). The van der Waals surface area contributed by atoms with Crippen molar-refractivity contribution in [2.75, 3.05) is 12.3 Å². The van der Waals surface area contributed by atoms with E-state index in [1.807, 2.05) is 31.2 Å². The lowest BCUT2D eigenvalue weighted by atomic mass is 10.1. The molecule has 0 heterocycles. The molecule has 0 saturated carbocycles. The lowest BCUT2D eigenvalue weighted by molar-refractivity contribution is 0.0955. The number of benzene rings is 1. The number of aryl methyl sites for hydroxylation is 1. The first-order chi connectivity index (χ1) is 6.25. The molecule has 1 aromatic carbocycles. The normalized spacial score (nSPS) is 9.69. The van der Waals surface area contributed by atoms with Gasteiger partial charge in [-0.25, -0.2) is 0 Å². The molecule has 2 nitrogen and oxygen atoms in total. The molecule has 1 N–H and O–H groups in total. The van der Waals surface area contributed by atoms with E-state index in [0.29, 0.717) is 12.3 Å². The highest BCUT2D eigenvalue weighted by molar-refractivity contribution is 7.80. The van der Waals surface area contributed by atoms with Crippen LogP contribution in [0.25, 0.3) is 0 Å². The van der Waals surface area contributed by atoms with Crippen LogP contribution in [0.3, 0.4) is 0 Å². The molecule has 0 fully saturated rings. The van der Waals surface area contributed by atoms with Gasteiger partial charge in [-0.15, -0.1) is 0 Å². The molecule has 13 heavy (non-hydrogen) atoms. The summed E-state index contributed by atoms with van der Waals surface area (Å²) in [4.78, 5) is 11.5. The third-order valence-electron chi connectivity index (χ3n) is 1.79. The fourth-order valence-corrected chi connectivity index (χ4v) is 1.20. The minimum atomic E-state index is -0.0212. The lowest BCUT2D eigenvalue weighted by Gasteiger charge is -2.05. The van der Waals surface area contributed by atoms with E-state index in [1.165, 1.54) is 0 Å². The second kappa shape index (κ2) is 4.92. The summed E-state index contributed by atoms with van der Waals surface area (Å²) in [6, 6.07) is 7.53. The zero-order valence-corrected chi connectivity index (χ0v) is 8.47. The summed E-state index contributed by atoms with van der Waals surface area (Å²) >= 11 is 4.02. The molecular weight excluding hydrogens is 182 g/mol. The number of hydrogen-bond acceptors (Lipinski definition) is 2. The van der Waals surface area contributed by atoms with Gasteiger partial charge in [-0.2, -0.15) is 12.6 Å². The number of amides is 1. The van der Waals surface area contributed by atoms with E-state index in [9.17, 15) is 4.79 Å². The molecule has 0 unspecified atom stereocenters. The van der Waals surface area contributed by atoms with E-state index in [1.54, 1.807) is 0 Å². The van der Waals surface area contributed by atoms with Gasteiger partial charge in [0.25, 0.3) is 5.91 Å². The Kier molecular flexibility index (Phi) is 3.83. The van der Waals surface area contributed by atoms with Crippen molar-refractivity contribution in [1.82, 2.24) is 5.32 Å². The van der Waals surface area contributed by atoms with Crippen LogP contribution in [-0.2, 0) is 0 Å². The minimum absolute atomic E-state index is 0.0212. The first-order valence-corrected chi connectivity index (χ1v) is 4.83. The summed E-state index contributed by atoms with van der Waals surface area (Å²) in [5, 5.41) is 2.77. The highest BCUT2D eigenvalue weighted by Crippen LogP contribution is 2.05. The average Bonchev–Trinajstić information content (AvgIpc) is 2.15. The maximum Gasteiger partial charge on any atom is 0.251 e. The molecule has 1 amide bonds. The van der Waals surface area contributed by atoms with Gasteiger partial charge in [0, 0.05) is 17.9 Å². The second-order valence-corrected chi connectivity index (χ2v) is 3.24. The van der Waals surface area contributed by atoms with E-state index >= 15 is 0 Å². The van der Waals surface area contributed by atoms with E-state index in [2.05, 4.69) is 17.9 Å². The Morgan fingerprint density at radius 3 is 2.77 bits per heavy atom. The van der Waals surface area contributed by atoms with Gasteiger partial charge in [0.2, 0.25) is 0 Å². The van der Waals surface area contributed by atoms with Crippen molar-refractivity contribution in [3.8, 4) is 0 Å². The van der Waals surface area contributed by atoms with Gasteiger partial charge in [0.15, 0.2) is 0 Å². The van der Waals surface area contributed by atoms with Crippen LogP contribution in [0, 0.1) is 6.92 Å². The Hall–Kier alpha value is -0.960. The van der Waals surface area contributed by atoms with Gasteiger partial charge in [0.1, 0.15) is 0 Å². The van der Waals surface area contributed by atoms with Gasteiger partial charge >= 0.3 is 0 Å². The van der Waals surface area contributed by atoms with Crippen molar-refractivity contribution >= 4 is 18.5 Å². The SMILES string of the molecule is Cc1ccccc1C(=O)NCCS. The number of rotatable bonds is 3. The summed E-state index contributed by atoms with van der Waals surface area (Å²) in [6.07, 6.45) is 0. The molecule has 0 saturated heterocycles. The Labute approximate surface area is 83.8 Å². The van der Waals surface area contributed by atoms with E-state index in [0.717, 1.165) is 11.1 Å². The number of hydrogen-bond donors (Lipinski definition) is 2. The number of nitrogens with one attached hydrogen (secondary N) is 1. The van der Waals surface area contributed by atoms with Crippen molar-refractivity contribution in [3.63, 3.8) is 0 Å². The van der Waals surface area contributed by atoms with Crippen molar-refractivity contribution < 1.29 is 4.79 Å². The maximum absolute atomic E-state index is 11.5. The fourth-order valence-electron chi connectivity index (χ4n) is 1.09. The fraction of sp³-hybridized carbons (Fsp3) is 0.300. The number of carbonyl (C=O) groups excluding carboxylic acids is 1. The molecule has 3 heteroatoms. The third-order valence-corrected chi connectivity index (χ3v) is 2.01. The molecule has 0 atom stereocenters. The topological polar surface area (TPSA) is 29.1 Å². The molecule has 0 aliphatic carbocycles. The zero-order valence-electron chi connectivity index (χ0n) is 7.58. The van der Waals surface area contributed by atoms with Crippen LogP contribution in [0.4, 0.5) is 0 Å². The predicted octanol–water partition coefficient (Wildman–Crippen LogP) is 1.65. The minimum Gasteiger partial charge on any atom is -0.351 e. The first-order valence-electron chi connectivity index (χ1n) is 4.20. The van der Waals surface area contributed by atoms with Crippen molar-refractivity contribution in [2.45, 2.75) is 6.92 Å². The number of thiol groups is 1. The molecule has 0 aliphatic rings. The van der Waals surface area contributed by atoms with Crippen LogP contribution in [0.15, 0.2) is 24.3 Å². The molecular formula is C10H13NOS. The van der Waals surface area contributed by atoms with Crippen molar-refractivity contribution in [1.29, 1.82) is 0 Å². The first kappa shape index (κ1) is 10.1. The Morgan fingerprint density at radius 2 is 2.15 bits per heavy atom. The van der Waals surface area contributed by atoms with Gasteiger partial charge in [-0.1, -0.05) is 18.2 Å². The number of carbonyl (C=O) groups is 1. The highest BCUT2D eigenvalue weighted by Gasteiger charge is 2.05. The summed E-state index contributed by atoms with van der Waals surface area (Å²) < 4.78 is 0. The van der Waals surface area contributed by atoms with Crippen LogP contribution >= 0.6 is 12.6 Å². The Balaban J connectivity index is 2.71. The zero-order chi connectivity index (χ0) is 9.68. The van der Waals surface area contributed by atoms with E-state index in [4.69, 9.17) is 0 Å². The van der Waals surface area contributed by atoms with Crippen molar-refractivity contribution in [2.24, 2.45) is 0 Å². The molecule has 0 radical (unpaired) electrons. The monoisotopic (exact) mass is 195 g/mol. The largest absolute Gasteiger partial charge is 0.351 e. The van der Waals surface area contributed by atoms with Crippen LogP contribution in [0.1, 0.15) is 15.9 Å². The van der Waals surface area contributed by atoms with Gasteiger partial charge < -0.3 is 5.32 Å². The van der Waals surface area contributed by atoms with Crippen LogP contribution in [-0.4, -0.2) is 18.2 Å². The van der Waals surface area contributed by atoms with Gasteiger partial charge in [0.05, 0.1) is 0 Å². The molecule has 1 aromatic rings. The van der Waals surface area contributed by atoms with Crippen LogP contribution in [0.2, 0.25) is 0 Å². The van der Waals surface area contributed by atoms with Gasteiger partial charge in [-0.05, 0) is 18.6 Å². The highest BCUT2D eigenvalue weighted by atomic mass is 32.1. The summed E-state index contributed by atoms with van der Waals surface area (Å²) in [6.45, 7) is 2.53. The molecule has 70 valence electrons. The van der Waals surface area contributed by atoms with Gasteiger partial charge in [-0.3, -0.25) is 4.79 Å². The second-order valence-electron chi connectivity index (χ2n) is 2.79.